The summed E-state index contributed by atoms with van der Waals surface area (Å²) < 4.78 is 7.22. The van der Waals surface area contributed by atoms with Crippen molar-refractivity contribution in [3.8, 4) is 11.5 Å². The zero-order valence-corrected chi connectivity index (χ0v) is 13.6. The summed E-state index contributed by atoms with van der Waals surface area (Å²) in [7, 11) is -1.19. The first-order chi connectivity index (χ1) is 7.49. The van der Waals surface area contributed by atoms with Crippen molar-refractivity contribution in [2.24, 2.45) is 0 Å². The molecule has 0 fully saturated rings. The van der Waals surface area contributed by atoms with Gasteiger partial charge in [-0.25, -0.2) is 0 Å². The van der Waals surface area contributed by atoms with Crippen molar-refractivity contribution in [1.82, 2.24) is 0 Å². The third-order valence-corrected chi connectivity index (χ3v) is 4.39. The molecule has 0 aromatic carbocycles. The minimum atomic E-state index is -1.19. The van der Waals surface area contributed by atoms with Crippen LogP contribution in [0.1, 0.15) is 25.7 Å². The van der Waals surface area contributed by atoms with Crippen molar-refractivity contribution >= 4 is 30.7 Å². The molecule has 1 nitrogen and oxygen atoms in total. The molecule has 1 aliphatic rings. The minimum absolute atomic E-state index is 0.350. The molecule has 1 aliphatic carbocycles. The summed E-state index contributed by atoms with van der Waals surface area (Å²) in [6, 6.07) is 0. The van der Waals surface area contributed by atoms with Gasteiger partial charge in [0.1, 0.15) is 8.07 Å². The Bertz CT molecular complexity index is 306. The van der Waals surface area contributed by atoms with Gasteiger partial charge in [0.25, 0.3) is 0 Å². The van der Waals surface area contributed by atoms with Gasteiger partial charge in [-0.15, -0.1) is 11.5 Å². The molecule has 0 N–H and O–H groups in total. The number of allylic oxidation sites excluding steroid dienone is 1. The fraction of sp³-hybridized carbons (Fsp3) is 0.692. The predicted octanol–water partition coefficient (Wildman–Crippen LogP) is 4.15. The maximum atomic E-state index is 5.85. The van der Waals surface area contributed by atoms with Gasteiger partial charge in [0.15, 0.2) is 0 Å². The highest BCUT2D eigenvalue weighted by Crippen LogP contribution is 2.26. The second-order valence-corrected chi connectivity index (χ2v) is 11.2. The fourth-order valence-electron chi connectivity index (χ4n) is 1.56. The maximum Gasteiger partial charge on any atom is 0.129 e. The van der Waals surface area contributed by atoms with E-state index in [-0.39, 0.29) is 0 Å². The fourth-order valence-corrected chi connectivity index (χ4v) is 3.01. The van der Waals surface area contributed by atoms with Crippen molar-refractivity contribution in [2.45, 2.75) is 51.4 Å². The van der Waals surface area contributed by atoms with Gasteiger partial charge in [0.05, 0.1) is 12.7 Å². The van der Waals surface area contributed by atoms with Gasteiger partial charge < -0.3 is 4.74 Å². The van der Waals surface area contributed by atoms with Crippen LogP contribution in [0.25, 0.3) is 0 Å². The molecule has 0 spiro atoms. The van der Waals surface area contributed by atoms with Gasteiger partial charge in [-0.1, -0.05) is 25.7 Å². The Balaban J connectivity index is 2.22. The van der Waals surface area contributed by atoms with Gasteiger partial charge >= 0.3 is 0 Å². The van der Waals surface area contributed by atoms with E-state index in [2.05, 4.69) is 59.8 Å². The molecule has 1 atom stereocenters. The highest BCUT2D eigenvalue weighted by atomic mass is 127. The first kappa shape index (κ1) is 14.3. The van der Waals surface area contributed by atoms with Gasteiger partial charge in [0, 0.05) is 10.0 Å². The second kappa shape index (κ2) is 6.82. The Morgan fingerprint density at radius 2 is 2.25 bits per heavy atom. The van der Waals surface area contributed by atoms with Crippen LogP contribution in [0.3, 0.4) is 0 Å². The van der Waals surface area contributed by atoms with E-state index >= 15 is 0 Å². The smallest absolute Gasteiger partial charge is 0.129 e. The minimum Gasteiger partial charge on any atom is -0.372 e. The van der Waals surface area contributed by atoms with E-state index in [4.69, 9.17) is 4.74 Å². The van der Waals surface area contributed by atoms with Crippen molar-refractivity contribution in [3.63, 3.8) is 0 Å². The number of rotatable bonds is 3. The highest BCUT2D eigenvalue weighted by molar-refractivity contribution is 14.1. The van der Waals surface area contributed by atoms with Gasteiger partial charge in [-0.2, -0.15) is 0 Å². The number of ether oxygens (including phenoxy) is 1. The predicted molar refractivity (Wildman–Crippen MR) is 81.4 cm³/mol. The molecule has 0 bridgehead atoms. The van der Waals surface area contributed by atoms with Crippen LogP contribution in [0.4, 0.5) is 0 Å². The Morgan fingerprint density at radius 1 is 1.50 bits per heavy atom. The van der Waals surface area contributed by atoms with Gasteiger partial charge in [-0.05, 0) is 41.9 Å². The lowest BCUT2D eigenvalue weighted by Gasteiger charge is -2.20. The van der Waals surface area contributed by atoms with E-state index in [1.165, 1.54) is 22.8 Å². The first-order valence-electron chi connectivity index (χ1n) is 5.96. The summed E-state index contributed by atoms with van der Waals surface area (Å²) in [6.45, 7) is 7.59. The van der Waals surface area contributed by atoms with Crippen molar-refractivity contribution in [3.05, 3.63) is 9.66 Å². The Hall–Kier alpha value is 0.207. The molecule has 90 valence electrons. The molecule has 0 heterocycles. The monoisotopic (exact) mass is 348 g/mol. The van der Waals surface area contributed by atoms with Gasteiger partial charge in [-0.3, -0.25) is 0 Å². The Labute approximate surface area is 114 Å². The summed E-state index contributed by atoms with van der Waals surface area (Å²) in [5.41, 5.74) is 3.36. The van der Waals surface area contributed by atoms with E-state index in [0.717, 1.165) is 13.0 Å². The second-order valence-electron chi connectivity index (χ2n) is 5.18. The van der Waals surface area contributed by atoms with Crippen LogP contribution in [0.5, 0.6) is 0 Å². The third kappa shape index (κ3) is 6.07. The van der Waals surface area contributed by atoms with Crippen molar-refractivity contribution < 1.29 is 4.74 Å². The molecule has 0 aliphatic heterocycles. The van der Waals surface area contributed by atoms with E-state index in [1.54, 1.807) is 0 Å². The quantitative estimate of drug-likeness (QED) is 0.322. The average Bonchev–Trinajstić information content (AvgIpc) is 2.18. The Kier molecular flexibility index (Phi) is 6.09. The molecule has 1 unspecified atom stereocenters. The zero-order valence-electron chi connectivity index (χ0n) is 10.5. The number of hydrogen-bond acceptors (Lipinski definition) is 1. The molecule has 0 saturated carbocycles. The molecule has 0 aromatic heterocycles. The highest BCUT2D eigenvalue weighted by Gasteiger charge is 2.15. The standard InChI is InChI=1S/C13H21IOSi/c1-16(2,3)11-7-6-10-15-13-9-5-4-8-12(13)14/h8,13H,4-6,9-10H2,1-3H3. The van der Waals surface area contributed by atoms with Crippen LogP contribution in [-0.4, -0.2) is 20.8 Å². The summed E-state index contributed by atoms with van der Waals surface area (Å²) in [4.78, 5) is 0. The molecular weight excluding hydrogens is 327 g/mol. The van der Waals surface area contributed by atoms with Crippen LogP contribution in [0, 0.1) is 11.5 Å². The lowest BCUT2D eigenvalue weighted by Crippen LogP contribution is -2.17. The van der Waals surface area contributed by atoms with Crippen molar-refractivity contribution in [2.75, 3.05) is 6.61 Å². The van der Waals surface area contributed by atoms with E-state index in [1.807, 2.05) is 0 Å². The summed E-state index contributed by atoms with van der Waals surface area (Å²) in [5, 5.41) is 0. The number of hydrogen-bond donors (Lipinski definition) is 0. The number of halogens is 1. The third-order valence-electron chi connectivity index (χ3n) is 2.33. The van der Waals surface area contributed by atoms with Crippen LogP contribution < -0.4 is 0 Å². The SMILES string of the molecule is C[Si](C)(C)C#CCCOC1CCCC=C1I. The first-order valence-corrected chi connectivity index (χ1v) is 10.5. The average molecular weight is 348 g/mol. The molecule has 0 saturated heterocycles. The topological polar surface area (TPSA) is 9.23 Å². The largest absolute Gasteiger partial charge is 0.372 e. The molecule has 1 rings (SSSR count). The summed E-state index contributed by atoms with van der Waals surface area (Å²) in [6.07, 6.45) is 7.18. The lowest BCUT2D eigenvalue weighted by atomic mass is 10.1. The maximum absolute atomic E-state index is 5.85. The lowest BCUT2D eigenvalue weighted by molar-refractivity contribution is 0.0785. The molecule has 3 heteroatoms. The summed E-state index contributed by atoms with van der Waals surface area (Å²) in [5.74, 6) is 3.24. The normalized spacial score (nSPS) is 21.0. The summed E-state index contributed by atoms with van der Waals surface area (Å²) >= 11 is 2.40. The van der Waals surface area contributed by atoms with E-state index in [0.29, 0.717) is 6.10 Å². The van der Waals surface area contributed by atoms with Crippen LogP contribution in [-0.2, 0) is 4.74 Å². The molecule has 0 aromatic rings. The molecule has 0 radical (unpaired) electrons. The van der Waals surface area contributed by atoms with E-state index < -0.39 is 8.07 Å². The van der Waals surface area contributed by atoms with E-state index in [9.17, 15) is 0 Å². The molecule has 0 amide bonds. The van der Waals surface area contributed by atoms with Crippen molar-refractivity contribution in [1.29, 1.82) is 0 Å². The van der Waals surface area contributed by atoms with Crippen LogP contribution in [0.15, 0.2) is 9.66 Å². The Morgan fingerprint density at radius 3 is 2.88 bits per heavy atom. The molecule has 16 heavy (non-hydrogen) atoms. The molecular formula is C13H21IOSi. The van der Waals surface area contributed by atoms with Crippen LogP contribution in [0.2, 0.25) is 19.6 Å². The zero-order chi connectivity index (χ0) is 12.0. The van der Waals surface area contributed by atoms with Gasteiger partial charge in [0.2, 0.25) is 0 Å². The van der Waals surface area contributed by atoms with Crippen LogP contribution >= 0.6 is 22.6 Å².